The number of hydrogen-bond donors (Lipinski definition) is 3. The summed E-state index contributed by atoms with van der Waals surface area (Å²) >= 11 is 5.47. The van der Waals surface area contributed by atoms with Crippen LogP contribution in [0.2, 0.25) is 5.15 Å². The smallest absolute Gasteiger partial charge is 0.151 e. The molecule has 0 aliphatic heterocycles. The van der Waals surface area contributed by atoms with Gasteiger partial charge in [-0.1, -0.05) is 11.6 Å². The zero-order valence-corrected chi connectivity index (χ0v) is 7.78. The second kappa shape index (κ2) is 10.2. The van der Waals surface area contributed by atoms with Gasteiger partial charge in [0.1, 0.15) is 0 Å². The minimum absolute atomic E-state index is 0.368. The van der Waals surface area contributed by atoms with E-state index in [0.717, 1.165) is 14.2 Å². The largest absolute Gasteiger partial charge is 0.400 e. The highest BCUT2D eigenvalue weighted by Gasteiger charge is 1.89. The van der Waals surface area contributed by atoms with Gasteiger partial charge in [0.15, 0.2) is 5.15 Å². The average Bonchev–Trinajstić information content (AvgIpc) is 2.17. The number of aliphatic hydroxyl groups excluding tert-OH is 2. The van der Waals surface area contributed by atoms with Crippen molar-refractivity contribution in [3.05, 3.63) is 23.5 Å². The van der Waals surface area contributed by atoms with E-state index in [-0.39, 0.29) is 0 Å². The predicted octanol–water partition coefficient (Wildman–Crippen LogP) is 0.534. The molecule has 0 atom stereocenters. The van der Waals surface area contributed by atoms with Crippen molar-refractivity contribution in [2.24, 2.45) is 0 Å². The molecule has 70 valence electrons. The molecule has 0 unspecified atom stereocenters. The summed E-state index contributed by atoms with van der Waals surface area (Å²) in [7, 11) is 2.00. The van der Waals surface area contributed by atoms with E-state index in [1.165, 1.54) is 0 Å². The van der Waals surface area contributed by atoms with Crippen LogP contribution >= 0.6 is 11.6 Å². The van der Waals surface area contributed by atoms with E-state index in [0.29, 0.717) is 10.8 Å². The second-order valence-corrected chi connectivity index (χ2v) is 1.74. The zero-order valence-electron chi connectivity index (χ0n) is 7.03. The van der Waals surface area contributed by atoms with E-state index in [2.05, 4.69) is 4.98 Å². The molecular weight excluding hydrogens is 180 g/mol. The van der Waals surface area contributed by atoms with Crippen molar-refractivity contribution in [3.8, 4) is 0 Å². The molecule has 0 spiro atoms. The first-order chi connectivity index (χ1) is 5.80. The molecule has 0 aliphatic rings. The first-order valence-corrected chi connectivity index (χ1v) is 3.44. The van der Waals surface area contributed by atoms with Gasteiger partial charge in [0.2, 0.25) is 0 Å². The Hall–Kier alpha value is -0.840. The molecule has 1 aromatic heterocycles. The molecule has 0 aromatic carbocycles. The molecular formula is C7H13ClN2O2. The van der Waals surface area contributed by atoms with Crippen molar-refractivity contribution in [2.45, 2.75) is 0 Å². The minimum Gasteiger partial charge on any atom is -0.400 e. The summed E-state index contributed by atoms with van der Waals surface area (Å²) in [6, 6.07) is 3.44. The Kier molecular flexibility index (Phi) is 11.6. The van der Waals surface area contributed by atoms with Crippen molar-refractivity contribution in [1.82, 2.24) is 4.98 Å². The standard InChI is InChI=1S/C5H5ClN2.2CH4O/c6-5-4(7)2-1-3-8-5;2*1-2/h1-3H,7H2;2*2H,1H3. The first kappa shape index (κ1) is 13.7. The lowest BCUT2D eigenvalue weighted by Gasteiger charge is -1.90. The number of nitrogen functional groups attached to an aromatic ring is 1. The van der Waals surface area contributed by atoms with Gasteiger partial charge in [-0.3, -0.25) is 0 Å². The molecule has 4 N–H and O–H groups in total. The van der Waals surface area contributed by atoms with Crippen LogP contribution in [-0.4, -0.2) is 29.4 Å². The molecule has 4 nitrogen and oxygen atoms in total. The van der Waals surface area contributed by atoms with Gasteiger partial charge in [-0.05, 0) is 12.1 Å². The van der Waals surface area contributed by atoms with E-state index < -0.39 is 0 Å². The summed E-state index contributed by atoms with van der Waals surface area (Å²) in [5, 5.41) is 14.4. The van der Waals surface area contributed by atoms with Crippen molar-refractivity contribution in [2.75, 3.05) is 20.0 Å². The molecule has 0 saturated heterocycles. The number of pyridine rings is 1. The van der Waals surface area contributed by atoms with Gasteiger partial charge in [-0.25, -0.2) is 4.98 Å². The summed E-state index contributed by atoms with van der Waals surface area (Å²) in [6.45, 7) is 0. The molecule has 1 aromatic rings. The number of nitrogens with zero attached hydrogens (tertiary/aromatic N) is 1. The van der Waals surface area contributed by atoms with Gasteiger partial charge in [0.25, 0.3) is 0 Å². The summed E-state index contributed by atoms with van der Waals surface area (Å²) in [5.41, 5.74) is 5.85. The second-order valence-electron chi connectivity index (χ2n) is 1.38. The van der Waals surface area contributed by atoms with Crippen LogP contribution in [0.3, 0.4) is 0 Å². The molecule has 0 bridgehead atoms. The van der Waals surface area contributed by atoms with E-state index in [4.69, 9.17) is 27.5 Å². The van der Waals surface area contributed by atoms with Gasteiger partial charge < -0.3 is 15.9 Å². The summed E-state index contributed by atoms with van der Waals surface area (Å²) < 4.78 is 0. The molecule has 0 radical (unpaired) electrons. The molecule has 0 fully saturated rings. The quantitative estimate of drug-likeness (QED) is 0.524. The van der Waals surface area contributed by atoms with Gasteiger partial charge in [-0.15, -0.1) is 0 Å². The number of aliphatic hydroxyl groups is 2. The third-order valence-electron chi connectivity index (χ3n) is 0.788. The summed E-state index contributed by atoms with van der Waals surface area (Å²) in [5.74, 6) is 0. The normalized spacial score (nSPS) is 7.08. The van der Waals surface area contributed by atoms with Crippen LogP contribution in [0.15, 0.2) is 18.3 Å². The molecule has 12 heavy (non-hydrogen) atoms. The molecule has 1 heterocycles. The lowest BCUT2D eigenvalue weighted by Crippen LogP contribution is -1.85. The third-order valence-corrected chi connectivity index (χ3v) is 1.10. The maximum absolute atomic E-state index is 7.00. The Morgan fingerprint density at radius 3 is 2.08 bits per heavy atom. The van der Waals surface area contributed by atoms with E-state index >= 15 is 0 Å². The Morgan fingerprint density at radius 1 is 1.33 bits per heavy atom. The number of halogens is 1. The van der Waals surface area contributed by atoms with E-state index in [9.17, 15) is 0 Å². The predicted molar refractivity (Wildman–Crippen MR) is 49.9 cm³/mol. The number of anilines is 1. The highest BCUT2D eigenvalue weighted by atomic mass is 35.5. The van der Waals surface area contributed by atoms with E-state index in [1.807, 2.05) is 0 Å². The van der Waals surface area contributed by atoms with Crippen molar-refractivity contribution >= 4 is 17.3 Å². The Bertz CT molecular complexity index is 176. The molecule has 1 rings (SSSR count). The van der Waals surface area contributed by atoms with Crippen LogP contribution in [0.1, 0.15) is 0 Å². The average molecular weight is 193 g/mol. The fraction of sp³-hybridized carbons (Fsp3) is 0.286. The van der Waals surface area contributed by atoms with Gasteiger partial charge in [0, 0.05) is 20.4 Å². The van der Waals surface area contributed by atoms with Gasteiger partial charge >= 0.3 is 0 Å². The lowest BCUT2D eigenvalue weighted by molar-refractivity contribution is 0.399. The van der Waals surface area contributed by atoms with Crippen molar-refractivity contribution in [1.29, 1.82) is 0 Å². The van der Waals surface area contributed by atoms with Crippen LogP contribution in [0, 0.1) is 0 Å². The van der Waals surface area contributed by atoms with Gasteiger partial charge in [0.05, 0.1) is 5.69 Å². The number of nitrogens with two attached hydrogens (primary N) is 1. The fourth-order valence-corrected chi connectivity index (χ4v) is 0.518. The minimum atomic E-state index is 0.368. The molecule has 0 saturated carbocycles. The van der Waals surface area contributed by atoms with Crippen LogP contribution in [0.4, 0.5) is 5.69 Å². The van der Waals surface area contributed by atoms with Crippen LogP contribution in [0.5, 0.6) is 0 Å². The SMILES string of the molecule is CO.CO.Nc1cccnc1Cl. The van der Waals surface area contributed by atoms with Crippen molar-refractivity contribution < 1.29 is 10.2 Å². The molecule has 0 amide bonds. The topological polar surface area (TPSA) is 79.4 Å². The number of rotatable bonds is 0. The maximum Gasteiger partial charge on any atom is 0.151 e. The van der Waals surface area contributed by atoms with Crippen LogP contribution in [-0.2, 0) is 0 Å². The lowest BCUT2D eigenvalue weighted by atomic mass is 10.4. The first-order valence-electron chi connectivity index (χ1n) is 3.06. The fourth-order valence-electron chi connectivity index (χ4n) is 0.398. The van der Waals surface area contributed by atoms with Crippen LogP contribution < -0.4 is 5.73 Å². The van der Waals surface area contributed by atoms with Gasteiger partial charge in [-0.2, -0.15) is 0 Å². The summed E-state index contributed by atoms with van der Waals surface area (Å²) in [6.07, 6.45) is 1.60. The molecule has 0 aliphatic carbocycles. The monoisotopic (exact) mass is 192 g/mol. The Balaban J connectivity index is 0. The highest BCUT2D eigenvalue weighted by molar-refractivity contribution is 6.31. The highest BCUT2D eigenvalue weighted by Crippen LogP contribution is 2.11. The zero-order chi connectivity index (χ0) is 9.98. The van der Waals surface area contributed by atoms with Crippen molar-refractivity contribution in [3.63, 3.8) is 0 Å². The Labute approximate surface area is 76.6 Å². The number of hydrogen-bond acceptors (Lipinski definition) is 4. The Morgan fingerprint density at radius 2 is 1.83 bits per heavy atom. The number of aromatic nitrogens is 1. The third kappa shape index (κ3) is 5.91. The maximum atomic E-state index is 7.00. The summed E-state index contributed by atoms with van der Waals surface area (Å²) in [4.78, 5) is 3.72. The van der Waals surface area contributed by atoms with Crippen LogP contribution in [0.25, 0.3) is 0 Å². The van der Waals surface area contributed by atoms with E-state index in [1.54, 1.807) is 18.3 Å². The molecule has 5 heteroatoms.